The fourth-order valence-electron chi connectivity index (χ4n) is 1.25. The Hall–Kier alpha value is -0.970. The Balaban J connectivity index is 3.01. The van der Waals surface area contributed by atoms with Gasteiger partial charge in [0, 0.05) is 0 Å². The van der Waals surface area contributed by atoms with Crippen molar-refractivity contribution in [1.82, 2.24) is 9.38 Å². The molecule has 0 fully saturated rings. The van der Waals surface area contributed by atoms with E-state index in [9.17, 15) is 4.79 Å². The van der Waals surface area contributed by atoms with Gasteiger partial charge in [-0.3, -0.25) is 4.40 Å². The summed E-state index contributed by atoms with van der Waals surface area (Å²) in [4.78, 5) is 14.7. The predicted molar refractivity (Wildman–Crippen MR) is 57.2 cm³/mol. The number of aromatic carboxylic acids is 1. The summed E-state index contributed by atoms with van der Waals surface area (Å²) >= 11 is 17.5. The molecule has 0 radical (unpaired) electrons. The molecule has 0 bridgehead atoms. The molecular formula is C8H3Cl3N2O2. The van der Waals surface area contributed by atoms with Crippen LogP contribution in [0.4, 0.5) is 0 Å². The lowest BCUT2D eigenvalue weighted by molar-refractivity contribution is 0.0689. The van der Waals surface area contributed by atoms with Crippen LogP contribution in [0.2, 0.25) is 15.1 Å². The highest BCUT2D eigenvalue weighted by atomic mass is 35.5. The smallest absolute Gasteiger partial charge is 0.354 e. The minimum atomic E-state index is -1.19. The molecule has 2 rings (SSSR count). The maximum absolute atomic E-state index is 11.0. The first-order chi connectivity index (χ1) is 7.04. The number of hydrogen-bond acceptors (Lipinski definition) is 2. The minimum Gasteiger partial charge on any atom is -0.477 e. The molecule has 0 aliphatic rings. The van der Waals surface area contributed by atoms with Crippen molar-refractivity contribution in [3.8, 4) is 0 Å². The summed E-state index contributed by atoms with van der Waals surface area (Å²) in [5.41, 5.74) is 0.252. The topological polar surface area (TPSA) is 54.6 Å². The van der Waals surface area contributed by atoms with Gasteiger partial charge in [0.2, 0.25) is 0 Å². The van der Waals surface area contributed by atoms with E-state index in [2.05, 4.69) is 4.98 Å². The van der Waals surface area contributed by atoms with Crippen molar-refractivity contribution in [3.05, 3.63) is 33.3 Å². The summed E-state index contributed by atoms with van der Waals surface area (Å²) in [6.07, 6.45) is 2.73. The van der Waals surface area contributed by atoms with Crippen LogP contribution in [0.3, 0.4) is 0 Å². The van der Waals surface area contributed by atoms with E-state index in [1.807, 2.05) is 0 Å². The second-order valence-electron chi connectivity index (χ2n) is 2.74. The van der Waals surface area contributed by atoms with Crippen LogP contribution in [0.25, 0.3) is 5.52 Å². The second-order valence-corrected chi connectivity index (χ2v) is 3.88. The van der Waals surface area contributed by atoms with Gasteiger partial charge in [0.1, 0.15) is 0 Å². The first-order valence-corrected chi connectivity index (χ1v) is 4.89. The van der Waals surface area contributed by atoms with E-state index in [-0.39, 0.29) is 20.8 Å². The molecular weight excluding hydrogens is 262 g/mol. The third kappa shape index (κ3) is 1.45. The summed E-state index contributed by atoms with van der Waals surface area (Å²) < 4.78 is 1.28. The highest BCUT2D eigenvalue weighted by Crippen LogP contribution is 2.35. The van der Waals surface area contributed by atoms with Gasteiger partial charge < -0.3 is 5.11 Å². The fraction of sp³-hybridized carbons (Fsp3) is 0. The highest BCUT2D eigenvalue weighted by molar-refractivity contribution is 6.50. The number of pyridine rings is 1. The predicted octanol–water partition coefficient (Wildman–Crippen LogP) is 2.99. The van der Waals surface area contributed by atoms with Gasteiger partial charge in [-0.15, -0.1) is 0 Å². The molecule has 0 atom stereocenters. The Morgan fingerprint density at radius 1 is 1.27 bits per heavy atom. The highest BCUT2D eigenvalue weighted by Gasteiger charge is 2.20. The quantitative estimate of drug-likeness (QED) is 0.862. The molecule has 2 aromatic rings. The summed E-state index contributed by atoms with van der Waals surface area (Å²) in [6, 6.07) is 0. The third-order valence-electron chi connectivity index (χ3n) is 1.90. The molecule has 0 unspecified atom stereocenters. The second kappa shape index (κ2) is 3.56. The van der Waals surface area contributed by atoms with Crippen LogP contribution in [0.5, 0.6) is 0 Å². The van der Waals surface area contributed by atoms with Crippen LogP contribution >= 0.6 is 34.8 Å². The van der Waals surface area contributed by atoms with Gasteiger partial charge >= 0.3 is 5.97 Å². The zero-order valence-corrected chi connectivity index (χ0v) is 9.31. The van der Waals surface area contributed by atoms with Crippen molar-refractivity contribution < 1.29 is 9.90 Å². The van der Waals surface area contributed by atoms with Crippen molar-refractivity contribution in [2.75, 3.05) is 0 Å². The van der Waals surface area contributed by atoms with Gasteiger partial charge in [-0.1, -0.05) is 34.8 Å². The molecule has 0 spiro atoms. The number of carbonyl (C=O) groups is 1. The van der Waals surface area contributed by atoms with Crippen LogP contribution in [-0.4, -0.2) is 20.5 Å². The Kier molecular flexibility index (Phi) is 2.50. The number of carboxylic acids is 1. The molecule has 2 aromatic heterocycles. The number of hydrogen-bond donors (Lipinski definition) is 1. The van der Waals surface area contributed by atoms with Crippen molar-refractivity contribution in [2.24, 2.45) is 0 Å². The molecule has 0 aromatic carbocycles. The number of rotatable bonds is 1. The van der Waals surface area contributed by atoms with Crippen molar-refractivity contribution in [1.29, 1.82) is 0 Å². The lowest BCUT2D eigenvalue weighted by Gasteiger charge is -2.07. The SMILES string of the molecule is O=C(O)c1c(Cl)c(Cl)c(Cl)c2cncn12. The van der Waals surface area contributed by atoms with Gasteiger partial charge in [-0.05, 0) is 0 Å². The zero-order chi connectivity index (χ0) is 11.2. The maximum atomic E-state index is 11.0. The van der Waals surface area contributed by atoms with Gasteiger partial charge in [0.05, 0.1) is 33.1 Å². The van der Waals surface area contributed by atoms with Gasteiger partial charge in [0.25, 0.3) is 0 Å². The van der Waals surface area contributed by atoms with Gasteiger partial charge in [-0.2, -0.15) is 0 Å². The first kappa shape index (κ1) is 10.5. The number of imidazole rings is 1. The van der Waals surface area contributed by atoms with E-state index in [0.717, 1.165) is 0 Å². The maximum Gasteiger partial charge on any atom is 0.354 e. The van der Waals surface area contributed by atoms with E-state index < -0.39 is 5.97 Å². The lowest BCUT2D eigenvalue weighted by Crippen LogP contribution is -2.06. The Morgan fingerprint density at radius 2 is 1.93 bits per heavy atom. The third-order valence-corrected chi connectivity index (χ3v) is 3.22. The molecule has 0 aliphatic heterocycles. The molecule has 15 heavy (non-hydrogen) atoms. The number of carboxylic acid groups (broad SMARTS) is 1. The molecule has 2 heterocycles. The largest absolute Gasteiger partial charge is 0.477 e. The molecule has 1 N–H and O–H groups in total. The first-order valence-electron chi connectivity index (χ1n) is 3.76. The monoisotopic (exact) mass is 264 g/mol. The van der Waals surface area contributed by atoms with Crippen LogP contribution in [-0.2, 0) is 0 Å². The molecule has 7 heteroatoms. The van der Waals surface area contributed by atoms with Crippen LogP contribution in [0, 0.1) is 0 Å². The number of halogens is 3. The Bertz CT molecular complexity index is 565. The van der Waals surface area contributed by atoms with E-state index in [1.54, 1.807) is 0 Å². The van der Waals surface area contributed by atoms with Gasteiger partial charge in [0.15, 0.2) is 5.69 Å². The van der Waals surface area contributed by atoms with Crippen LogP contribution < -0.4 is 0 Å². The van der Waals surface area contributed by atoms with E-state index in [1.165, 1.54) is 16.9 Å². The molecule has 0 saturated carbocycles. The number of aromatic nitrogens is 2. The summed E-state index contributed by atoms with van der Waals surface area (Å²) in [7, 11) is 0. The van der Waals surface area contributed by atoms with Crippen LogP contribution in [0.15, 0.2) is 12.5 Å². The molecule has 78 valence electrons. The van der Waals surface area contributed by atoms with Crippen LogP contribution in [0.1, 0.15) is 10.5 Å². The van der Waals surface area contributed by atoms with Crippen molar-refractivity contribution >= 4 is 46.3 Å². The van der Waals surface area contributed by atoms with Gasteiger partial charge in [-0.25, -0.2) is 9.78 Å². The van der Waals surface area contributed by atoms with E-state index >= 15 is 0 Å². The molecule has 0 amide bonds. The lowest BCUT2D eigenvalue weighted by atomic mass is 10.3. The standard InChI is InChI=1S/C8H3Cl3N2O2/c9-4-3-1-12-2-13(3)7(8(14)15)6(11)5(4)10/h1-2H,(H,14,15). The normalized spacial score (nSPS) is 10.9. The Morgan fingerprint density at radius 3 is 2.53 bits per heavy atom. The average Bonchev–Trinajstić information content (AvgIpc) is 2.62. The molecule has 0 saturated heterocycles. The average molecular weight is 265 g/mol. The summed E-state index contributed by atoms with van der Waals surface area (Å²) in [5, 5.41) is 9.07. The number of fused-ring (bicyclic) bond motifs is 1. The van der Waals surface area contributed by atoms with Crippen molar-refractivity contribution in [3.63, 3.8) is 0 Å². The Labute approximate surface area is 99.0 Å². The van der Waals surface area contributed by atoms with E-state index in [0.29, 0.717) is 5.52 Å². The molecule has 0 aliphatic carbocycles. The summed E-state index contributed by atoms with van der Waals surface area (Å²) in [5.74, 6) is -1.19. The summed E-state index contributed by atoms with van der Waals surface area (Å²) in [6.45, 7) is 0. The van der Waals surface area contributed by atoms with E-state index in [4.69, 9.17) is 39.9 Å². The minimum absolute atomic E-state index is 0.0173. The van der Waals surface area contributed by atoms with Crippen molar-refractivity contribution in [2.45, 2.75) is 0 Å². The molecule has 4 nitrogen and oxygen atoms in total. The fourth-order valence-corrected chi connectivity index (χ4v) is 1.99. The zero-order valence-electron chi connectivity index (χ0n) is 7.04. The number of nitrogens with zero attached hydrogens (tertiary/aromatic N) is 2.